The number of halogens is 1. The van der Waals surface area contributed by atoms with Crippen molar-refractivity contribution in [3.63, 3.8) is 0 Å². The first kappa shape index (κ1) is 19.8. The normalized spacial score (nSPS) is 18.1. The molecule has 130 valence electrons. The second-order valence-corrected chi connectivity index (χ2v) is 6.64. The van der Waals surface area contributed by atoms with E-state index in [9.17, 15) is 4.79 Å². The zero-order valence-electron chi connectivity index (χ0n) is 14.0. The number of carbonyl (C=O) groups excluding carboxylic acids is 1. The van der Waals surface area contributed by atoms with Gasteiger partial charge in [0.05, 0.1) is 6.54 Å². The van der Waals surface area contributed by atoms with Gasteiger partial charge in [-0.2, -0.15) is 0 Å². The average molecular weight is 434 g/mol. The van der Waals surface area contributed by atoms with Gasteiger partial charge in [0.1, 0.15) is 5.76 Å². The fourth-order valence-corrected chi connectivity index (χ4v) is 2.71. The monoisotopic (exact) mass is 434 g/mol. The van der Waals surface area contributed by atoms with E-state index in [4.69, 9.17) is 10.2 Å². The molecule has 0 atom stereocenters. The van der Waals surface area contributed by atoms with Gasteiger partial charge in [0.2, 0.25) is 0 Å². The van der Waals surface area contributed by atoms with Gasteiger partial charge in [0.15, 0.2) is 11.7 Å². The maximum Gasteiger partial charge on any atom is 0.284 e. The first-order valence-corrected chi connectivity index (χ1v) is 7.75. The Bertz CT molecular complexity index is 544. The molecule has 6 nitrogen and oxygen atoms in total. The van der Waals surface area contributed by atoms with Crippen molar-refractivity contribution in [2.24, 2.45) is 16.1 Å². The number of guanidine groups is 1. The Labute approximate surface area is 154 Å². The first-order valence-electron chi connectivity index (χ1n) is 7.75. The van der Waals surface area contributed by atoms with Gasteiger partial charge in [-0.05, 0) is 43.2 Å². The summed E-state index contributed by atoms with van der Waals surface area (Å²) in [6, 6.07) is 3.78. The third-order valence-corrected chi connectivity index (χ3v) is 4.24. The zero-order chi connectivity index (χ0) is 16.2. The van der Waals surface area contributed by atoms with E-state index in [1.807, 2.05) is 0 Å². The number of nitrogens with two attached hydrogens (primary N) is 1. The van der Waals surface area contributed by atoms with E-state index in [2.05, 4.69) is 29.5 Å². The molecule has 23 heavy (non-hydrogen) atoms. The van der Waals surface area contributed by atoms with E-state index in [1.54, 1.807) is 19.2 Å². The molecule has 7 heteroatoms. The summed E-state index contributed by atoms with van der Waals surface area (Å²) in [4.78, 5) is 15.2. The van der Waals surface area contributed by atoms with Crippen molar-refractivity contribution < 1.29 is 9.21 Å². The third kappa shape index (κ3) is 6.04. The second kappa shape index (κ2) is 8.56. The van der Waals surface area contributed by atoms with Crippen molar-refractivity contribution in [3.8, 4) is 0 Å². The molecule has 0 aromatic carbocycles. The summed E-state index contributed by atoms with van der Waals surface area (Å²) in [6.07, 6.45) is 4.75. The Balaban J connectivity index is 0.00000264. The second-order valence-electron chi connectivity index (χ2n) is 6.64. The molecule has 4 N–H and O–H groups in total. The molecule has 0 saturated heterocycles. The molecular formula is C16H27IN4O2. The van der Waals surface area contributed by atoms with Gasteiger partial charge in [-0.1, -0.05) is 13.8 Å². The van der Waals surface area contributed by atoms with Crippen LogP contribution in [0, 0.1) is 5.41 Å². The lowest BCUT2D eigenvalue weighted by atomic mass is 9.75. The summed E-state index contributed by atoms with van der Waals surface area (Å²) in [5.41, 5.74) is 5.62. The van der Waals surface area contributed by atoms with Crippen molar-refractivity contribution in [2.75, 3.05) is 7.05 Å². The summed E-state index contributed by atoms with van der Waals surface area (Å²) >= 11 is 0. The molecule has 1 fully saturated rings. The summed E-state index contributed by atoms with van der Waals surface area (Å²) in [5.74, 6) is 1.02. The van der Waals surface area contributed by atoms with Crippen LogP contribution in [0.2, 0.25) is 0 Å². The van der Waals surface area contributed by atoms with Crippen molar-refractivity contribution in [1.82, 2.24) is 10.6 Å². The summed E-state index contributed by atoms with van der Waals surface area (Å²) in [6.45, 7) is 5.11. The third-order valence-electron chi connectivity index (χ3n) is 4.24. The highest BCUT2D eigenvalue weighted by Gasteiger charge is 2.27. The number of carbonyl (C=O) groups is 1. The van der Waals surface area contributed by atoms with Crippen LogP contribution in [0.25, 0.3) is 0 Å². The van der Waals surface area contributed by atoms with E-state index in [-0.39, 0.29) is 29.7 Å². The predicted molar refractivity (Wildman–Crippen MR) is 102 cm³/mol. The number of amides is 1. The molecule has 1 aromatic heterocycles. The summed E-state index contributed by atoms with van der Waals surface area (Å²) < 4.78 is 5.34. The summed E-state index contributed by atoms with van der Waals surface area (Å²) in [5, 5.41) is 6.65. The molecule has 0 unspecified atom stereocenters. The number of rotatable bonds is 4. The number of furan rings is 1. The van der Waals surface area contributed by atoms with Gasteiger partial charge in [0, 0.05) is 13.1 Å². The Morgan fingerprint density at radius 2 is 2.04 bits per heavy atom. The Morgan fingerprint density at radius 1 is 1.39 bits per heavy atom. The van der Waals surface area contributed by atoms with E-state index < -0.39 is 5.91 Å². The standard InChI is InChI=1S/C16H26N4O2.HI/c1-16(2)8-6-11(7-9-16)20-15(18-3)19-10-12-4-5-13(22-12)14(17)21;/h4-5,11H,6-10H2,1-3H3,(H2,17,21)(H2,18,19,20);1H. The molecular weight excluding hydrogens is 407 g/mol. The largest absolute Gasteiger partial charge is 0.454 e. The fourth-order valence-electron chi connectivity index (χ4n) is 2.71. The number of hydrogen-bond donors (Lipinski definition) is 3. The molecule has 1 aromatic rings. The van der Waals surface area contributed by atoms with E-state index >= 15 is 0 Å². The van der Waals surface area contributed by atoms with Crippen molar-refractivity contribution in [1.29, 1.82) is 0 Å². The molecule has 1 saturated carbocycles. The molecule has 0 radical (unpaired) electrons. The van der Waals surface area contributed by atoms with Gasteiger partial charge in [-0.3, -0.25) is 9.79 Å². The number of aliphatic imine (C=N–C) groups is 1. The van der Waals surface area contributed by atoms with Gasteiger partial charge >= 0.3 is 0 Å². The van der Waals surface area contributed by atoms with Crippen molar-refractivity contribution in [2.45, 2.75) is 52.1 Å². The van der Waals surface area contributed by atoms with Crippen LogP contribution in [-0.4, -0.2) is 25.0 Å². The van der Waals surface area contributed by atoms with Crippen LogP contribution in [0.3, 0.4) is 0 Å². The Hall–Kier alpha value is -1.25. The number of primary amides is 1. The molecule has 1 aliphatic rings. The fraction of sp³-hybridized carbons (Fsp3) is 0.625. The maximum atomic E-state index is 11.0. The lowest BCUT2D eigenvalue weighted by Crippen LogP contribution is -2.45. The smallest absolute Gasteiger partial charge is 0.284 e. The molecule has 0 bridgehead atoms. The zero-order valence-corrected chi connectivity index (χ0v) is 16.3. The molecule has 1 heterocycles. The highest BCUT2D eigenvalue weighted by Crippen LogP contribution is 2.34. The lowest BCUT2D eigenvalue weighted by Gasteiger charge is -2.35. The van der Waals surface area contributed by atoms with Crippen LogP contribution in [0.4, 0.5) is 0 Å². The van der Waals surface area contributed by atoms with Crippen molar-refractivity contribution in [3.05, 3.63) is 23.7 Å². The van der Waals surface area contributed by atoms with Gasteiger partial charge < -0.3 is 20.8 Å². The topological polar surface area (TPSA) is 92.6 Å². The van der Waals surface area contributed by atoms with Crippen LogP contribution in [0.5, 0.6) is 0 Å². The Kier molecular flexibility index (Phi) is 7.37. The highest BCUT2D eigenvalue weighted by atomic mass is 127. The molecule has 0 spiro atoms. The van der Waals surface area contributed by atoms with Crippen LogP contribution in [0.1, 0.15) is 55.8 Å². The molecule has 1 aliphatic carbocycles. The van der Waals surface area contributed by atoms with E-state index in [0.29, 0.717) is 23.8 Å². The van der Waals surface area contributed by atoms with Crippen LogP contribution in [0.15, 0.2) is 21.5 Å². The minimum atomic E-state index is -0.557. The van der Waals surface area contributed by atoms with Crippen LogP contribution in [-0.2, 0) is 6.54 Å². The molecule has 2 rings (SSSR count). The minimum Gasteiger partial charge on any atom is -0.454 e. The van der Waals surface area contributed by atoms with Gasteiger partial charge in [0.25, 0.3) is 5.91 Å². The van der Waals surface area contributed by atoms with E-state index in [1.165, 1.54) is 12.8 Å². The minimum absolute atomic E-state index is 0. The number of nitrogens with zero attached hydrogens (tertiary/aromatic N) is 1. The summed E-state index contributed by atoms with van der Waals surface area (Å²) in [7, 11) is 1.75. The van der Waals surface area contributed by atoms with Gasteiger partial charge in [-0.25, -0.2) is 0 Å². The first-order chi connectivity index (χ1) is 10.4. The molecule has 1 amide bonds. The van der Waals surface area contributed by atoms with Crippen LogP contribution < -0.4 is 16.4 Å². The average Bonchev–Trinajstić information content (AvgIpc) is 2.94. The van der Waals surface area contributed by atoms with Crippen molar-refractivity contribution >= 4 is 35.8 Å². The number of nitrogens with one attached hydrogen (secondary N) is 2. The number of hydrogen-bond acceptors (Lipinski definition) is 3. The van der Waals surface area contributed by atoms with Crippen LogP contribution >= 0.6 is 24.0 Å². The quantitative estimate of drug-likeness (QED) is 0.386. The SMILES string of the molecule is CN=C(NCc1ccc(C(N)=O)o1)NC1CCC(C)(C)CC1.I. The lowest BCUT2D eigenvalue weighted by molar-refractivity contribution is 0.0972. The maximum absolute atomic E-state index is 11.0. The van der Waals surface area contributed by atoms with Gasteiger partial charge in [-0.15, -0.1) is 24.0 Å². The molecule has 0 aliphatic heterocycles. The van der Waals surface area contributed by atoms with E-state index in [0.717, 1.165) is 18.8 Å². The highest BCUT2D eigenvalue weighted by molar-refractivity contribution is 14.0. The Morgan fingerprint density at radius 3 is 2.57 bits per heavy atom. The predicted octanol–water partition coefficient (Wildman–Crippen LogP) is 2.63.